The number of carbonyl (C=O) groups excluding carboxylic acids is 1. The number of hydrogen-bond donors (Lipinski definition) is 2. The van der Waals surface area contributed by atoms with Crippen molar-refractivity contribution in [2.45, 2.75) is 19.8 Å². The number of ketones is 1. The molecule has 0 radical (unpaired) electrons. The van der Waals surface area contributed by atoms with Crippen molar-refractivity contribution < 1.29 is 18.0 Å². The number of aromatic amines is 1. The Morgan fingerprint density at radius 1 is 1.14 bits per heavy atom. The van der Waals surface area contributed by atoms with E-state index < -0.39 is 23.1 Å². The van der Waals surface area contributed by atoms with Gasteiger partial charge < -0.3 is 5.32 Å². The minimum absolute atomic E-state index is 0.0477. The quantitative estimate of drug-likeness (QED) is 0.495. The highest BCUT2D eigenvalue weighted by molar-refractivity contribution is 5.94. The van der Waals surface area contributed by atoms with Crippen LogP contribution in [0.25, 0.3) is 5.65 Å². The number of carbonyl (C=O) groups is 1. The molecular weight excluding hydrogens is 385 g/mol. The molecule has 0 fully saturated rings. The maximum absolute atomic E-state index is 15.1. The zero-order valence-electron chi connectivity index (χ0n) is 15.4. The van der Waals surface area contributed by atoms with Crippen LogP contribution in [-0.4, -0.2) is 30.3 Å². The molecule has 0 spiro atoms. The molecular formula is C19H15F3N6O. The second kappa shape index (κ2) is 6.73. The van der Waals surface area contributed by atoms with Gasteiger partial charge in [0.15, 0.2) is 11.6 Å². The third-order valence-electron chi connectivity index (χ3n) is 4.30. The van der Waals surface area contributed by atoms with Gasteiger partial charge in [0.25, 0.3) is 0 Å². The molecule has 0 aliphatic heterocycles. The molecule has 3 aromatic heterocycles. The Morgan fingerprint density at radius 3 is 2.48 bits per heavy atom. The van der Waals surface area contributed by atoms with E-state index in [2.05, 4.69) is 25.5 Å². The molecule has 0 amide bonds. The molecule has 0 saturated carbocycles. The van der Waals surface area contributed by atoms with Crippen LogP contribution in [0.5, 0.6) is 0 Å². The maximum atomic E-state index is 15.1. The number of rotatable bonds is 5. The molecule has 4 rings (SSSR count). The van der Waals surface area contributed by atoms with E-state index >= 15 is 8.78 Å². The van der Waals surface area contributed by atoms with Crippen LogP contribution >= 0.6 is 0 Å². The maximum Gasteiger partial charge on any atom is 0.331 e. The molecule has 7 nitrogen and oxygen atoms in total. The third kappa shape index (κ3) is 3.33. The van der Waals surface area contributed by atoms with Crippen molar-refractivity contribution in [3.63, 3.8) is 0 Å². The second-order valence-corrected chi connectivity index (χ2v) is 6.48. The minimum atomic E-state index is -3.59. The van der Waals surface area contributed by atoms with Crippen molar-refractivity contribution in [2.75, 3.05) is 5.32 Å². The first-order valence-corrected chi connectivity index (χ1v) is 8.59. The number of aromatic nitrogens is 5. The summed E-state index contributed by atoms with van der Waals surface area (Å²) in [6.45, 7) is 3.13. The zero-order valence-corrected chi connectivity index (χ0v) is 15.4. The fraction of sp³-hybridized carbons (Fsp3) is 0.158. The van der Waals surface area contributed by atoms with E-state index in [1.54, 1.807) is 13.0 Å². The van der Waals surface area contributed by atoms with Gasteiger partial charge in [0, 0.05) is 24.2 Å². The Morgan fingerprint density at radius 2 is 1.86 bits per heavy atom. The van der Waals surface area contributed by atoms with Crippen LogP contribution in [0.4, 0.5) is 24.9 Å². The Balaban J connectivity index is 1.89. The number of hydrogen-bond acceptors (Lipinski definition) is 5. The Hall–Kier alpha value is -3.69. The summed E-state index contributed by atoms with van der Waals surface area (Å²) in [5, 5.41) is 9.59. The summed E-state index contributed by atoms with van der Waals surface area (Å²) >= 11 is 0. The number of nitrogens with zero attached hydrogens (tertiary/aromatic N) is 4. The van der Waals surface area contributed by atoms with Crippen molar-refractivity contribution >= 4 is 23.2 Å². The SMILES string of the molecule is CC(=O)c1ccc2nc(C(F)(F)c3ccc(F)cc3)nc(Nc3cc(C)[nH]n3)n12. The molecule has 0 aliphatic rings. The number of alkyl halides is 2. The van der Waals surface area contributed by atoms with Crippen LogP contribution in [0.1, 0.15) is 34.5 Å². The lowest BCUT2D eigenvalue weighted by molar-refractivity contribution is 0.0330. The molecule has 4 aromatic rings. The van der Waals surface area contributed by atoms with Gasteiger partial charge in [-0.05, 0) is 43.3 Å². The molecule has 0 saturated heterocycles. The average Bonchev–Trinajstić information content (AvgIpc) is 3.28. The summed E-state index contributed by atoms with van der Waals surface area (Å²) in [5.41, 5.74) is 0.625. The van der Waals surface area contributed by atoms with Crippen molar-refractivity contribution in [1.29, 1.82) is 0 Å². The highest BCUT2D eigenvalue weighted by Gasteiger charge is 2.38. The second-order valence-electron chi connectivity index (χ2n) is 6.48. The number of nitrogens with one attached hydrogen (secondary N) is 2. The number of H-pyrrole nitrogens is 1. The number of halogens is 3. The summed E-state index contributed by atoms with van der Waals surface area (Å²) in [4.78, 5) is 19.9. The first kappa shape index (κ1) is 18.7. The Kier molecular flexibility index (Phi) is 4.33. The highest BCUT2D eigenvalue weighted by atomic mass is 19.3. The lowest BCUT2D eigenvalue weighted by Crippen LogP contribution is -2.21. The number of aryl methyl sites for hydroxylation is 1. The Labute approximate surface area is 162 Å². The van der Waals surface area contributed by atoms with Crippen LogP contribution in [0.3, 0.4) is 0 Å². The van der Waals surface area contributed by atoms with Gasteiger partial charge in [-0.1, -0.05) is 0 Å². The van der Waals surface area contributed by atoms with Gasteiger partial charge in [-0.15, -0.1) is 0 Å². The molecule has 0 aliphatic carbocycles. The van der Waals surface area contributed by atoms with Crippen molar-refractivity contribution in [1.82, 2.24) is 24.6 Å². The molecule has 2 N–H and O–H groups in total. The van der Waals surface area contributed by atoms with E-state index in [1.165, 1.54) is 23.5 Å². The number of anilines is 2. The average molecular weight is 400 g/mol. The third-order valence-corrected chi connectivity index (χ3v) is 4.30. The van der Waals surface area contributed by atoms with Gasteiger partial charge in [-0.3, -0.25) is 14.3 Å². The highest BCUT2D eigenvalue weighted by Crippen LogP contribution is 2.35. The van der Waals surface area contributed by atoms with E-state index in [-0.39, 0.29) is 23.1 Å². The monoisotopic (exact) mass is 400 g/mol. The summed E-state index contributed by atoms with van der Waals surface area (Å²) in [6.07, 6.45) is 0. The van der Waals surface area contributed by atoms with Crippen LogP contribution in [0.15, 0.2) is 42.5 Å². The normalized spacial score (nSPS) is 11.8. The molecule has 148 valence electrons. The van der Waals surface area contributed by atoms with Crippen molar-refractivity contribution in [2.24, 2.45) is 0 Å². The molecule has 0 bridgehead atoms. The van der Waals surface area contributed by atoms with Crippen molar-refractivity contribution in [3.8, 4) is 0 Å². The van der Waals surface area contributed by atoms with Crippen LogP contribution in [-0.2, 0) is 5.92 Å². The molecule has 0 atom stereocenters. The first-order valence-electron chi connectivity index (χ1n) is 8.59. The van der Waals surface area contributed by atoms with Gasteiger partial charge in [-0.25, -0.2) is 9.37 Å². The largest absolute Gasteiger partial charge is 0.331 e. The smallest absolute Gasteiger partial charge is 0.308 e. The predicted molar refractivity (Wildman–Crippen MR) is 99.0 cm³/mol. The number of benzene rings is 1. The zero-order chi connectivity index (χ0) is 20.8. The molecule has 10 heteroatoms. The Bertz CT molecular complexity index is 1210. The van der Waals surface area contributed by atoms with Crippen LogP contribution < -0.4 is 5.32 Å². The van der Waals surface area contributed by atoms with Gasteiger partial charge in [-0.2, -0.15) is 18.9 Å². The number of fused-ring (bicyclic) bond motifs is 1. The molecule has 0 unspecified atom stereocenters. The summed E-state index contributed by atoms with van der Waals surface area (Å²) in [7, 11) is 0. The minimum Gasteiger partial charge on any atom is -0.308 e. The fourth-order valence-electron chi connectivity index (χ4n) is 2.90. The van der Waals surface area contributed by atoms with E-state index in [4.69, 9.17) is 0 Å². The van der Waals surface area contributed by atoms with Gasteiger partial charge in [0.05, 0.1) is 5.69 Å². The summed E-state index contributed by atoms with van der Waals surface area (Å²) in [5.74, 6) is -5.01. The molecule has 29 heavy (non-hydrogen) atoms. The summed E-state index contributed by atoms with van der Waals surface area (Å²) < 4.78 is 44.6. The fourth-order valence-corrected chi connectivity index (χ4v) is 2.90. The van der Waals surface area contributed by atoms with Crippen LogP contribution in [0, 0.1) is 12.7 Å². The number of Topliss-reactive ketones (excluding diaryl/α,β-unsaturated/α-hetero) is 1. The predicted octanol–water partition coefficient (Wildman–Crippen LogP) is 3.99. The molecule has 1 aromatic carbocycles. The van der Waals surface area contributed by atoms with Gasteiger partial charge in [0.1, 0.15) is 11.5 Å². The van der Waals surface area contributed by atoms with Gasteiger partial charge >= 0.3 is 5.92 Å². The van der Waals surface area contributed by atoms with Gasteiger partial charge in [0.2, 0.25) is 11.8 Å². The topological polar surface area (TPSA) is 88.0 Å². The first-order chi connectivity index (χ1) is 13.8. The van der Waals surface area contributed by atoms with E-state index in [0.717, 1.165) is 30.0 Å². The van der Waals surface area contributed by atoms with Crippen molar-refractivity contribution in [3.05, 3.63) is 71.1 Å². The van der Waals surface area contributed by atoms with Crippen LogP contribution in [0.2, 0.25) is 0 Å². The lowest BCUT2D eigenvalue weighted by Gasteiger charge is -2.17. The van der Waals surface area contributed by atoms with E-state index in [9.17, 15) is 9.18 Å². The summed E-state index contributed by atoms with van der Waals surface area (Å²) in [6, 6.07) is 8.43. The molecule has 3 heterocycles. The lowest BCUT2D eigenvalue weighted by atomic mass is 10.1. The standard InChI is InChI=1S/C19H15F3N6O/c1-10-9-15(27-26-10)23-18-25-17(19(21,22)12-3-5-13(20)6-4-12)24-16-8-7-14(11(2)29)28(16)18/h3-9H,1-2H3,(H2,23,24,25,26,27). The van der Waals surface area contributed by atoms with E-state index in [0.29, 0.717) is 5.82 Å². The van der Waals surface area contributed by atoms with E-state index in [1.807, 2.05) is 0 Å².